The Morgan fingerprint density at radius 1 is 1.20 bits per heavy atom. The number of carbonyl (C=O) groups excluding carboxylic acids is 1. The molecule has 0 bridgehead atoms. The van der Waals surface area contributed by atoms with Crippen LogP contribution in [-0.2, 0) is 11.2 Å². The van der Waals surface area contributed by atoms with Crippen molar-refractivity contribution in [1.82, 2.24) is 4.98 Å². The second-order valence-electron chi connectivity index (χ2n) is 4.04. The van der Waals surface area contributed by atoms with E-state index in [0.717, 1.165) is 17.2 Å². The summed E-state index contributed by atoms with van der Waals surface area (Å²) in [7, 11) is 0. The Kier molecular flexibility index (Phi) is 4.27. The third kappa shape index (κ3) is 3.30. The van der Waals surface area contributed by atoms with Crippen LogP contribution in [0.1, 0.15) is 21.5 Å². The number of carboxylic acids is 1. The van der Waals surface area contributed by atoms with E-state index < -0.39 is 17.5 Å². The first-order chi connectivity index (χ1) is 9.58. The fourth-order valence-corrected chi connectivity index (χ4v) is 2.51. The quantitative estimate of drug-likeness (QED) is 0.501. The summed E-state index contributed by atoms with van der Waals surface area (Å²) in [5.41, 5.74) is 2.19. The van der Waals surface area contributed by atoms with E-state index in [9.17, 15) is 9.59 Å². The van der Waals surface area contributed by atoms with Crippen molar-refractivity contribution in [1.29, 1.82) is 0 Å². The Morgan fingerprint density at radius 2 is 1.90 bits per heavy atom. The van der Waals surface area contributed by atoms with Crippen molar-refractivity contribution in [3.63, 3.8) is 0 Å². The number of aliphatic hydroxyl groups excluding tert-OH is 1. The van der Waals surface area contributed by atoms with Crippen molar-refractivity contribution in [2.75, 3.05) is 0 Å². The molecular formula is C14H11NO4S. The predicted octanol–water partition coefficient (Wildman–Crippen LogP) is 2.44. The van der Waals surface area contributed by atoms with E-state index in [-0.39, 0.29) is 0 Å². The number of carboxylic acid groups (broad SMARTS) is 1. The molecule has 5 nitrogen and oxygen atoms in total. The highest BCUT2D eigenvalue weighted by Gasteiger charge is 2.14. The van der Waals surface area contributed by atoms with Gasteiger partial charge in [-0.05, 0) is 35.1 Å². The van der Waals surface area contributed by atoms with Gasteiger partial charge in [-0.2, -0.15) is 11.3 Å². The fourth-order valence-electron chi connectivity index (χ4n) is 1.66. The molecule has 0 aliphatic carbocycles. The van der Waals surface area contributed by atoms with Crippen molar-refractivity contribution >= 4 is 23.1 Å². The van der Waals surface area contributed by atoms with E-state index in [1.54, 1.807) is 17.8 Å². The molecular weight excluding hydrogens is 278 g/mol. The zero-order valence-corrected chi connectivity index (χ0v) is 11.1. The first-order valence-corrected chi connectivity index (χ1v) is 6.64. The molecule has 0 aromatic carbocycles. The molecule has 2 aromatic heterocycles. The number of ketones is 1. The number of rotatable bonds is 5. The van der Waals surface area contributed by atoms with Crippen LogP contribution in [0.3, 0.4) is 0 Å². The molecule has 2 aromatic rings. The lowest BCUT2D eigenvalue weighted by molar-refractivity contribution is -0.135. The Bertz CT molecular complexity index is 661. The highest BCUT2D eigenvalue weighted by Crippen LogP contribution is 2.20. The summed E-state index contributed by atoms with van der Waals surface area (Å²) in [4.78, 5) is 26.4. The van der Waals surface area contributed by atoms with Gasteiger partial charge in [0.05, 0.1) is 0 Å². The number of carbonyl (C=O) groups is 2. The van der Waals surface area contributed by atoms with Gasteiger partial charge in [0.2, 0.25) is 5.76 Å². The first kappa shape index (κ1) is 14.0. The Morgan fingerprint density at radius 3 is 2.55 bits per heavy atom. The Labute approximate surface area is 118 Å². The van der Waals surface area contributed by atoms with E-state index in [4.69, 9.17) is 10.2 Å². The van der Waals surface area contributed by atoms with Crippen LogP contribution in [0.4, 0.5) is 0 Å². The number of aliphatic carboxylic acids is 1. The molecule has 0 aliphatic heterocycles. The predicted molar refractivity (Wildman–Crippen MR) is 74.0 cm³/mol. The van der Waals surface area contributed by atoms with Crippen molar-refractivity contribution in [2.45, 2.75) is 6.42 Å². The molecule has 0 fully saturated rings. The molecule has 0 saturated carbocycles. The molecule has 2 N–H and O–H groups in total. The van der Waals surface area contributed by atoms with Crippen LogP contribution in [0, 0.1) is 0 Å². The molecule has 0 unspecified atom stereocenters. The third-order valence-electron chi connectivity index (χ3n) is 2.64. The van der Waals surface area contributed by atoms with E-state index in [1.165, 1.54) is 11.3 Å². The molecule has 0 aliphatic rings. The number of hydrogen-bond acceptors (Lipinski definition) is 5. The van der Waals surface area contributed by atoms with Crippen LogP contribution in [-0.4, -0.2) is 26.9 Å². The molecule has 0 radical (unpaired) electrons. The number of aliphatic hydroxyl groups is 1. The minimum absolute atomic E-state index is 0.402. The monoisotopic (exact) mass is 289 g/mol. The summed E-state index contributed by atoms with van der Waals surface area (Å²) in [6.07, 6.45) is 4.61. The van der Waals surface area contributed by atoms with E-state index >= 15 is 0 Å². The number of pyridine rings is 1. The first-order valence-electron chi connectivity index (χ1n) is 5.70. The molecule has 2 heterocycles. The zero-order valence-electron chi connectivity index (χ0n) is 10.3. The van der Waals surface area contributed by atoms with Crippen molar-refractivity contribution in [2.24, 2.45) is 0 Å². The van der Waals surface area contributed by atoms with Gasteiger partial charge in [0.25, 0.3) is 0 Å². The number of aromatic nitrogens is 1. The number of hydrogen-bond donors (Lipinski definition) is 2. The second-order valence-corrected chi connectivity index (χ2v) is 4.79. The lowest BCUT2D eigenvalue weighted by Gasteiger charge is -2.01. The normalized spacial score (nSPS) is 11.3. The van der Waals surface area contributed by atoms with Crippen LogP contribution in [0.25, 0.3) is 0 Å². The Balaban J connectivity index is 2.23. The topological polar surface area (TPSA) is 87.5 Å². The molecule has 102 valence electrons. The molecule has 0 amide bonds. The summed E-state index contributed by atoms with van der Waals surface area (Å²) in [5, 5.41) is 21.1. The van der Waals surface area contributed by atoms with Gasteiger partial charge in [-0.25, -0.2) is 4.79 Å². The van der Waals surface area contributed by atoms with Gasteiger partial charge in [-0.15, -0.1) is 0 Å². The van der Waals surface area contributed by atoms with Crippen LogP contribution >= 0.6 is 11.3 Å². The number of nitrogens with zero attached hydrogens (tertiary/aromatic N) is 1. The molecule has 6 heteroatoms. The summed E-state index contributed by atoms with van der Waals surface area (Å²) in [6, 6.07) is 3.69. The maximum atomic E-state index is 11.9. The summed E-state index contributed by atoms with van der Waals surface area (Å²) in [6.45, 7) is 0. The van der Waals surface area contributed by atoms with Gasteiger partial charge in [0, 0.05) is 29.4 Å². The summed E-state index contributed by atoms with van der Waals surface area (Å²) >= 11 is 1.35. The van der Waals surface area contributed by atoms with E-state index in [2.05, 4.69) is 4.98 Å². The van der Waals surface area contributed by atoms with Crippen LogP contribution in [0.15, 0.2) is 47.1 Å². The summed E-state index contributed by atoms with van der Waals surface area (Å²) < 4.78 is 0. The van der Waals surface area contributed by atoms with Crippen molar-refractivity contribution in [3.8, 4) is 0 Å². The van der Waals surface area contributed by atoms with Crippen LogP contribution in [0.2, 0.25) is 0 Å². The summed E-state index contributed by atoms with van der Waals surface area (Å²) in [5.74, 6) is -3.00. The minimum Gasteiger partial charge on any atom is -0.502 e. The molecule has 0 atom stereocenters. The van der Waals surface area contributed by atoms with Gasteiger partial charge < -0.3 is 10.2 Å². The largest absolute Gasteiger partial charge is 0.502 e. The van der Waals surface area contributed by atoms with Gasteiger partial charge in [-0.3, -0.25) is 9.78 Å². The van der Waals surface area contributed by atoms with Crippen molar-refractivity contribution < 1.29 is 19.8 Å². The van der Waals surface area contributed by atoms with Crippen LogP contribution in [0.5, 0.6) is 0 Å². The van der Waals surface area contributed by atoms with Gasteiger partial charge in [-0.1, -0.05) is 0 Å². The zero-order chi connectivity index (χ0) is 14.5. The third-order valence-corrected chi connectivity index (χ3v) is 3.43. The van der Waals surface area contributed by atoms with E-state index in [0.29, 0.717) is 12.0 Å². The molecule has 0 saturated heterocycles. The van der Waals surface area contributed by atoms with Crippen molar-refractivity contribution in [3.05, 3.63) is 63.8 Å². The smallest absolute Gasteiger partial charge is 0.371 e. The average molecular weight is 289 g/mol. The maximum absolute atomic E-state index is 11.9. The number of thiophene rings is 1. The van der Waals surface area contributed by atoms with Gasteiger partial charge in [0.1, 0.15) is 0 Å². The highest BCUT2D eigenvalue weighted by atomic mass is 32.1. The fraction of sp³-hybridized carbons (Fsp3) is 0.0714. The molecule has 2 rings (SSSR count). The minimum atomic E-state index is -1.52. The second kappa shape index (κ2) is 6.12. The number of allylic oxidation sites excluding steroid dienone is 1. The molecule has 20 heavy (non-hydrogen) atoms. The highest BCUT2D eigenvalue weighted by molar-refractivity contribution is 7.08. The maximum Gasteiger partial charge on any atom is 0.371 e. The SMILES string of the molecule is O=C(O)/C(O)=C/C(=O)c1cscc1Cc1ccncc1. The molecule has 0 spiro atoms. The van der Waals surface area contributed by atoms with Gasteiger partial charge >= 0.3 is 5.97 Å². The lowest BCUT2D eigenvalue weighted by Crippen LogP contribution is -2.05. The van der Waals surface area contributed by atoms with E-state index in [1.807, 2.05) is 17.5 Å². The Hall–Kier alpha value is -2.47. The van der Waals surface area contributed by atoms with Crippen LogP contribution < -0.4 is 0 Å². The standard InChI is InChI=1S/C14H11NO4S/c16-12(6-13(17)14(18)19)11-8-20-7-10(11)5-9-1-3-15-4-2-9/h1-4,6-8,17H,5H2,(H,18,19)/b13-6-. The average Bonchev–Trinajstić information content (AvgIpc) is 2.88. The van der Waals surface area contributed by atoms with Gasteiger partial charge in [0.15, 0.2) is 5.78 Å². The lowest BCUT2D eigenvalue weighted by atomic mass is 10.0.